The molecule has 1 heterocycles. The SMILES string of the molecule is CC(CC(C)(C)C)c1ccc(N2CC[C@@H](OCC(C)(C)C)C2)cc1. The lowest BCUT2D eigenvalue weighted by molar-refractivity contribution is 0.0205. The van der Waals surface area contributed by atoms with E-state index < -0.39 is 0 Å². The van der Waals surface area contributed by atoms with Crippen LogP contribution in [0.2, 0.25) is 0 Å². The second-order valence-electron chi connectivity index (χ2n) is 9.99. The van der Waals surface area contributed by atoms with Crippen molar-refractivity contribution in [1.82, 2.24) is 0 Å². The zero-order valence-corrected chi connectivity index (χ0v) is 16.9. The van der Waals surface area contributed by atoms with Gasteiger partial charge in [0.25, 0.3) is 0 Å². The van der Waals surface area contributed by atoms with Gasteiger partial charge in [-0.15, -0.1) is 0 Å². The lowest BCUT2D eigenvalue weighted by Crippen LogP contribution is -2.26. The number of rotatable bonds is 5. The van der Waals surface area contributed by atoms with Crippen LogP contribution in [0, 0.1) is 10.8 Å². The molecule has 0 aliphatic carbocycles. The molecule has 1 aliphatic heterocycles. The fourth-order valence-corrected chi connectivity index (χ4v) is 3.52. The van der Waals surface area contributed by atoms with Gasteiger partial charge < -0.3 is 9.64 Å². The topological polar surface area (TPSA) is 12.5 Å². The van der Waals surface area contributed by atoms with E-state index in [-0.39, 0.29) is 5.41 Å². The second kappa shape index (κ2) is 7.47. The van der Waals surface area contributed by atoms with Gasteiger partial charge in [0.1, 0.15) is 0 Å². The quantitative estimate of drug-likeness (QED) is 0.669. The lowest BCUT2D eigenvalue weighted by atomic mass is 9.82. The minimum atomic E-state index is 0.248. The van der Waals surface area contributed by atoms with Crippen LogP contribution in [0.5, 0.6) is 0 Å². The highest BCUT2D eigenvalue weighted by atomic mass is 16.5. The zero-order valence-electron chi connectivity index (χ0n) is 16.9. The first-order valence-electron chi connectivity index (χ1n) is 9.50. The van der Waals surface area contributed by atoms with Crippen LogP contribution < -0.4 is 4.90 Å². The molecule has 1 saturated heterocycles. The van der Waals surface area contributed by atoms with Crippen molar-refractivity contribution < 1.29 is 4.74 Å². The molecule has 2 heteroatoms. The van der Waals surface area contributed by atoms with Gasteiger partial charge in [-0.2, -0.15) is 0 Å². The molecule has 1 aliphatic rings. The molecule has 0 spiro atoms. The molecule has 1 fully saturated rings. The monoisotopic (exact) mass is 331 g/mol. The van der Waals surface area contributed by atoms with Gasteiger partial charge >= 0.3 is 0 Å². The molecular formula is C22H37NO. The van der Waals surface area contributed by atoms with Crippen LogP contribution in [0.1, 0.15) is 72.8 Å². The first kappa shape index (κ1) is 19.3. The Bertz CT molecular complexity index is 506. The van der Waals surface area contributed by atoms with E-state index in [1.807, 2.05) is 0 Å². The normalized spacial score (nSPS) is 20.5. The largest absolute Gasteiger partial charge is 0.376 e. The maximum atomic E-state index is 6.09. The average Bonchev–Trinajstić information content (AvgIpc) is 2.92. The van der Waals surface area contributed by atoms with Crippen LogP contribution in [0.3, 0.4) is 0 Å². The molecule has 0 radical (unpaired) electrons. The second-order valence-corrected chi connectivity index (χ2v) is 9.99. The summed E-state index contributed by atoms with van der Waals surface area (Å²) in [6.45, 7) is 19.0. The first-order valence-corrected chi connectivity index (χ1v) is 9.50. The third kappa shape index (κ3) is 6.12. The summed E-state index contributed by atoms with van der Waals surface area (Å²) in [4.78, 5) is 2.46. The summed E-state index contributed by atoms with van der Waals surface area (Å²) in [5.41, 5.74) is 3.42. The Morgan fingerprint density at radius 3 is 2.21 bits per heavy atom. The molecule has 2 nitrogen and oxygen atoms in total. The predicted molar refractivity (Wildman–Crippen MR) is 105 cm³/mol. The fourth-order valence-electron chi connectivity index (χ4n) is 3.52. The summed E-state index contributed by atoms with van der Waals surface area (Å²) in [6, 6.07) is 9.21. The van der Waals surface area contributed by atoms with Crippen molar-refractivity contribution in [3.63, 3.8) is 0 Å². The van der Waals surface area contributed by atoms with Gasteiger partial charge in [0, 0.05) is 18.8 Å². The Morgan fingerprint density at radius 1 is 1.04 bits per heavy atom. The van der Waals surface area contributed by atoms with Crippen LogP contribution in [0.4, 0.5) is 5.69 Å². The van der Waals surface area contributed by atoms with Gasteiger partial charge in [-0.25, -0.2) is 0 Å². The van der Waals surface area contributed by atoms with E-state index in [4.69, 9.17) is 4.74 Å². The molecule has 2 atom stereocenters. The molecule has 136 valence electrons. The van der Waals surface area contributed by atoms with E-state index >= 15 is 0 Å². The maximum Gasteiger partial charge on any atom is 0.0767 e. The summed E-state index contributed by atoms with van der Waals surface area (Å²) >= 11 is 0. The zero-order chi connectivity index (χ0) is 18.0. The van der Waals surface area contributed by atoms with Crippen molar-refractivity contribution in [2.45, 2.75) is 73.3 Å². The Kier molecular flexibility index (Phi) is 6.01. The smallest absolute Gasteiger partial charge is 0.0767 e. The standard InChI is InChI=1S/C22H37NO/c1-17(14-21(2,3)4)18-8-10-19(11-9-18)23-13-12-20(15-23)24-16-22(5,6)7/h8-11,17,20H,12-16H2,1-7H3/t17?,20-/m1/s1. The summed E-state index contributed by atoms with van der Waals surface area (Å²) in [5, 5.41) is 0. The summed E-state index contributed by atoms with van der Waals surface area (Å²) in [5.74, 6) is 0.612. The van der Waals surface area contributed by atoms with Crippen molar-refractivity contribution in [1.29, 1.82) is 0 Å². The predicted octanol–water partition coefficient (Wildman–Crippen LogP) is 5.87. The fraction of sp³-hybridized carbons (Fsp3) is 0.727. The molecule has 0 N–H and O–H groups in total. The van der Waals surface area contributed by atoms with Gasteiger partial charge in [-0.1, -0.05) is 60.6 Å². The van der Waals surface area contributed by atoms with Crippen molar-refractivity contribution in [2.24, 2.45) is 10.8 Å². The third-order valence-corrected chi connectivity index (χ3v) is 4.64. The number of nitrogens with zero attached hydrogens (tertiary/aromatic N) is 1. The van der Waals surface area contributed by atoms with Crippen molar-refractivity contribution >= 4 is 5.69 Å². The van der Waals surface area contributed by atoms with E-state index in [2.05, 4.69) is 77.6 Å². The highest BCUT2D eigenvalue weighted by molar-refractivity contribution is 5.49. The van der Waals surface area contributed by atoms with Gasteiger partial charge in [-0.05, 0) is 47.3 Å². The van der Waals surface area contributed by atoms with Crippen LogP contribution in [0.15, 0.2) is 24.3 Å². The van der Waals surface area contributed by atoms with Crippen molar-refractivity contribution in [2.75, 3.05) is 24.6 Å². The Morgan fingerprint density at radius 2 is 1.67 bits per heavy atom. The summed E-state index contributed by atoms with van der Waals surface area (Å²) < 4.78 is 6.09. The number of hydrogen-bond acceptors (Lipinski definition) is 2. The van der Waals surface area contributed by atoms with Gasteiger partial charge in [0.2, 0.25) is 0 Å². The average molecular weight is 332 g/mol. The third-order valence-electron chi connectivity index (χ3n) is 4.64. The van der Waals surface area contributed by atoms with E-state index in [0.29, 0.717) is 17.4 Å². The van der Waals surface area contributed by atoms with Crippen molar-refractivity contribution in [3.8, 4) is 0 Å². The molecular weight excluding hydrogens is 294 g/mol. The highest BCUT2D eigenvalue weighted by Gasteiger charge is 2.25. The van der Waals surface area contributed by atoms with Gasteiger partial charge in [0.15, 0.2) is 0 Å². The van der Waals surface area contributed by atoms with Crippen LogP contribution in [0.25, 0.3) is 0 Å². The number of anilines is 1. The van der Waals surface area contributed by atoms with Crippen molar-refractivity contribution in [3.05, 3.63) is 29.8 Å². The van der Waals surface area contributed by atoms with Crippen LogP contribution >= 0.6 is 0 Å². The Hall–Kier alpha value is -1.02. The molecule has 1 aromatic carbocycles. The molecule has 1 unspecified atom stereocenters. The molecule has 0 bridgehead atoms. The van der Waals surface area contributed by atoms with Crippen LogP contribution in [-0.2, 0) is 4.74 Å². The van der Waals surface area contributed by atoms with Gasteiger partial charge in [0.05, 0.1) is 12.7 Å². The summed E-state index contributed by atoms with van der Waals surface area (Å²) in [7, 11) is 0. The first-order chi connectivity index (χ1) is 11.0. The number of benzene rings is 1. The molecule has 0 amide bonds. The van der Waals surface area contributed by atoms with Crippen LogP contribution in [-0.4, -0.2) is 25.8 Å². The van der Waals surface area contributed by atoms with Gasteiger partial charge in [-0.3, -0.25) is 0 Å². The minimum absolute atomic E-state index is 0.248. The molecule has 0 saturated carbocycles. The van der Waals surface area contributed by atoms with E-state index in [1.54, 1.807) is 0 Å². The Balaban J connectivity index is 1.90. The van der Waals surface area contributed by atoms with E-state index in [9.17, 15) is 0 Å². The highest BCUT2D eigenvalue weighted by Crippen LogP contribution is 2.32. The number of hydrogen-bond donors (Lipinski definition) is 0. The molecule has 24 heavy (non-hydrogen) atoms. The molecule has 1 aromatic rings. The number of ether oxygens (including phenoxy) is 1. The maximum absolute atomic E-state index is 6.09. The molecule has 0 aromatic heterocycles. The van der Waals surface area contributed by atoms with E-state index in [0.717, 1.165) is 26.1 Å². The minimum Gasteiger partial charge on any atom is -0.376 e. The Labute approximate surface area is 149 Å². The summed E-state index contributed by atoms with van der Waals surface area (Å²) in [6.07, 6.45) is 2.74. The van der Waals surface area contributed by atoms with E-state index in [1.165, 1.54) is 17.7 Å². The molecule has 2 rings (SSSR count). The lowest BCUT2D eigenvalue weighted by Gasteiger charge is -2.25.